The maximum atomic E-state index is 13.4. The van der Waals surface area contributed by atoms with Gasteiger partial charge in [-0.25, -0.2) is 4.79 Å². The fraction of sp³-hybridized carbons (Fsp3) is 0.214. The molecule has 2 aromatic carbocycles. The van der Waals surface area contributed by atoms with Crippen LogP contribution >= 0.6 is 0 Å². The van der Waals surface area contributed by atoms with Crippen LogP contribution in [0.2, 0.25) is 0 Å². The molecule has 190 valence electrons. The van der Waals surface area contributed by atoms with Gasteiger partial charge in [0.25, 0.3) is 11.7 Å². The van der Waals surface area contributed by atoms with Crippen molar-refractivity contribution in [2.24, 2.45) is 0 Å². The van der Waals surface area contributed by atoms with Crippen molar-refractivity contribution in [3.05, 3.63) is 94.8 Å². The number of aliphatic hydroxyl groups is 1. The molecule has 1 fully saturated rings. The lowest BCUT2D eigenvalue weighted by Gasteiger charge is -2.25. The van der Waals surface area contributed by atoms with Gasteiger partial charge in [0.2, 0.25) is 0 Å². The molecule has 1 atom stereocenters. The number of likely N-dealkylation sites (tertiary alicyclic amines) is 1. The molecular weight excluding hydrogens is 476 g/mol. The Kier molecular flexibility index (Phi) is 7.52. The predicted molar refractivity (Wildman–Crippen MR) is 134 cm³/mol. The van der Waals surface area contributed by atoms with E-state index in [1.165, 1.54) is 19.1 Å². The van der Waals surface area contributed by atoms with E-state index in [0.29, 0.717) is 16.7 Å². The first-order valence-corrected chi connectivity index (χ1v) is 11.6. The molecule has 0 aliphatic carbocycles. The molecule has 37 heavy (non-hydrogen) atoms. The number of ketones is 1. The molecule has 0 spiro atoms. The molecular formula is C28H26N2O7. The van der Waals surface area contributed by atoms with Crippen LogP contribution in [0.5, 0.6) is 11.5 Å². The lowest BCUT2D eigenvalue weighted by molar-refractivity contribution is -0.140. The molecule has 1 aliphatic heterocycles. The van der Waals surface area contributed by atoms with E-state index in [0.717, 1.165) is 0 Å². The van der Waals surface area contributed by atoms with Crippen LogP contribution in [0.15, 0.2) is 72.6 Å². The highest BCUT2D eigenvalue weighted by Crippen LogP contribution is 2.43. The second-order valence-corrected chi connectivity index (χ2v) is 8.16. The number of ether oxygens (including phenoxy) is 3. The number of amides is 1. The Balaban J connectivity index is 1.81. The zero-order valence-electron chi connectivity index (χ0n) is 20.6. The van der Waals surface area contributed by atoms with Gasteiger partial charge in [0.15, 0.2) is 0 Å². The van der Waals surface area contributed by atoms with Gasteiger partial charge in [-0.3, -0.25) is 14.6 Å². The van der Waals surface area contributed by atoms with Crippen molar-refractivity contribution in [1.29, 1.82) is 0 Å². The minimum Gasteiger partial charge on any atom is -0.506 e. The Morgan fingerprint density at radius 3 is 2.16 bits per heavy atom. The molecule has 1 amide bonds. The minimum absolute atomic E-state index is 0.0561. The summed E-state index contributed by atoms with van der Waals surface area (Å²) >= 11 is 0. The van der Waals surface area contributed by atoms with Gasteiger partial charge >= 0.3 is 5.97 Å². The smallest absolute Gasteiger partial charge is 0.338 e. The van der Waals surface area contributed by atoms with Crippen molar-refractivity contribution in [3.8, 4) is 11.5 Å². The monoisotopic (exact) mass is 502 g/mol. The van der Waals surface area contributed by atoms with Crippen molar-refractivity contribution in [3.63, 3.8) is 0 Å². The topological polar surface area (TPSA) is 115 Å². The first-order valence-electron chi connectivity index (χ1n) is 11.6. The lowest BCUT2D eigenvalue weighted by Crippen LogP contribution is -2.29. The molecule has 1 unspecified atom stereocenters. The number of hydrogen-bond donors (Lipinski definition) is 1. The number of carbonyl (C=O) groups excluding carboxylic acids is 3. The SMILES string of the molecule is CCOC(=O)c1ccc(CN2C(=O)C(=O)/C(=C(/O)c3c(OC)cccc3OC)C2c2ccncc2)cc1. The number of rotatable bonds is 8. The summed E-state index contributed by atoms with van der Waals surface area (Å²) in [5.41, 5.74) is 1.73. The van der Waals surface area contributed by atoms with E-state index in [9.17, 15) is 19.5 Å². The summed E-state index contributed by atoms with van der Waals surface area (Å²) in [6.45, 7) is 2.04. The van der Waals surface area contributed by atoms with Crippen molar-refractivity contribution < 1.29 is 33.7 Å². The fourth-order valence-electron chi connectivity index (χ4n) is 4.31. The number of aromatic nitrogens is 1. The highest BCUT2D eigenvalue weighted by atomic mass is 16.5. The number of benzene rings is 2. The normalized spacial score (nSPS) is 16.5. The maximum Gasteiger partial charge on any atom is 0.338 e. The number of aliphatic hydroxyl groups excluding tert-OH is 1. The Labute approximate surface area is 213 Å². The van der Waals surface area contributed by atoms with Crippen LogP contribution in [-0.2, 0) is 20.9 Å². The van der Waals surface area contributed by atoms with Crippen LogP contribution in [0.4, 0.5) is 0 Å². The van der Waals surface area contributed by atoms with E-state index >= 15 is 0 Å². The van der Waals surface area contributed by atoms with Gasteiger partial charge in [0.05, 0.1) is 38.0 Å². The summed E-state index contributed by atoms with van der Waals surface area (Å²) < 4.78 is 15.8. The minimum atomic E-state index is -0.901. The number of carbonyl (C=O) groups is 3. The number of hydrogen-bond acceptors (Lipinski definition) is 8. The molecule has 3 aromatic rings. The summed E-state index contributed by atoms with van der Waals surface area (Å²) in [6.07, 6.45) is 3.10. The predicted octanol–water partition coefficient (Wildman–Crippen LogP) is 3.90. The number of esters is 1. The van der Waals surface area contributed by atoms with Gasteiger partial charge in [0, 0.05) is 18.9 Å². The quantitative estimate of drug-likeness (QED) is 0.213. The molecule has 2 heterocycles. The largest absolute Gasteiger partial charge is 0.506 e. The Morgan fingerprint density at radius 2 is 1.59 bits per heavy atom. The second kappa shape index (κ2) is 10.9. The van der Waals surface area contributed by atoms with Gasteiger partial charge in [-0.1, -0.05) is 18.2 Å². The maximum absolute atomic E-state index is 13.4. The highest BCUT2D eigenvalue weighted by molar-refractivity contribution is 6.46. The molecule has 9 nitrogen and oxygen atoms in total. The summed E-state index contributed by atoms with van der Waals surface area (Å²) in [5.74, 6) is -1.90. The standard InChI is InChI=1S/C28H26N2O7/c1-4-37-28(34)19-10-8-17(9-11-19)16-30-24(18-12-14-29-15-13-18)23(26(32)27(30)33)25(31)22-20(35-2)6-5-7-21(22)36-3/h5-15,24,31H,4,16H2,1-3H3/b25-23+. The van der Waals surface area contributed by atoms with Crippen LogP contribution < -0.4 is 9.47 Å². The van der Waals surface area contributed by atoms with Gasteiger partial charge in [0.1, 0.15) is 22.8 Å². The summed E-state index contributed by atoms with van der Waals surface area (Å²) in [6, 6.07) is 14.0. The lowest BCUT2D eigenvalue weighted by atomic mass is 9.95. The molecule has 0 radical (unpaired) electrons. The van der Waals surface area contributed by atoms with Crippen molar-refractivity contribution in [2.45, 2.75) is 19.5 Å². The number of Topliss-reactive ketones (excluding diaryl/α,β-unsaturated/α-hetero) is 1. The van der Waals surface area contributed by atoms with Crippen LogP contribution in [0.3, 0.4) is 0 Å². The van der Waals surface area contributed by atoms with Crippen LogP contribution in [0, 0.1) is 0 Å². The first-order chi connectivity index (χ1) is 17.9. The average molecular weight is 503 g/mol. The molecule has 1 aliphatic rings. The number of pyridine rings is 1. The van der Waals surface area contributed by atoms with E-state index in [-0.39, 0.29) is 35.8 Å². The zero-order valence-corrected chi connectivity index (χ0v) is 20.6. The van der Waals surface area contributed by atoms with E-state index in [2.05, 4.69) is 4.98 Å². The molecule has 0 bridgehead atoms. The summed E-state index contributed by atoms with van der Waals surface area (Å²) in [4.78, 5) is 44.1. The molecule has 1 saturated heterocycles. The highest BCUT2D eigenvalue weighted by Gasteiger charge is 2.46. The summed E-state index contributed by atoms with van der Waals surface area (Å²) in [7, 11) is 2.87. The molecule has 1 N–H and O–H groups in total. The van der Waals surface area contributed by atoms with Crippen LogP contribution in [0.1, 0.15) is 40.0 Å². The van der Waals surface area contributed by atoms with E-state index in [1.54, 1.807) is 73.9 Å². The molecule has 0 saturated carbocycles. The Hall–Kier alpha value is -4.66. The van der Waals surface area contributed by atoms with E-state index in [4.69, 9.17) is 14.2 Å². The molecule has 1 aromatic heterocycles. The zero-order chi connectivity index (χ0) is 26.5. The third kappa shape index (κ3) is 4.88. The van der Waals surface area contributed by atoms with Gasteiger partial charge in [-0.05, 0) is 54.4 Å². The molecule has 4 rings (SSSR count). The van der Waals surface area contributed by atoms with Gasteiger partial charge in [-0.2, -0.15) is 0 Å². The van der Waals surface area contributed by atoms with E-state index in [1.807, 2.05) is 0 Å². The first kappa shape index (κ1) is 25.4. The third-order valence-electron chi connectivity index (χ3n) is 6.04. The fourth-order valence-corrected chi connectivity index (χ4v) is 4.31. The van der Waals surface area contributed by atoms with Crippen molar-refractivity contribution in [2.75, 3.05) is 20.8 Å². The van der Waals surface area contributed by atoms with Gasteiger partial charge in [-0.15, -0.1) is 0 Å². The van der Waals surface area contributed by atoms with Crippen molar-refractivity contribution >= 4 is 23.4 Å². The third-order valence-corrected chi connectivity index (χ3v) is 6.04. The summed E-state index contributed by atoms with van der Waals surface area (Å²) in [5, 5.41) is 11.4. The number of nitrogens with zero attached hydrogens (tertiary/aromatic N) is 2. The second-order valence-electron chi connectivity index (χ2n) is 8.16. The van der Waals surface area contributed by atoms with Crippen molar-refractivity contribution in [1.82, 2.24) is 9.88 Å². The molecule has 9 heteroatoms. The average Bonchev–Trinajstić information content (AvgIpc) is 3.18. The van der Waals surface area contributed by atoms with E-state index < -0.39 is 29.5 Å². The van der Waals surface area contributed by atoms with Crippen LogP contribution in [0.25, 0.3) is 5.76 Å². The van der Waals surface area contributed by atoms with Crippen LogP contribution in [-0.4, -0.2) is 53.5 Å². The van der Waals surface area contributed by atoms with Gasteiger partial charge < -0.3 is 24.2 Å². The number of methoxy groups -OCH3 is 2. The Bertz CT molecular complexity index is 1330. The Morgan fingerprint density at radius 1 is 0.973 bits per heavy atom.